The SMILES string of the molecule is NS(=O)(=O)c1ccc(-c2sc3ccccc3c(=O)c2-c2ccc(CO)cc2)cc1. The Morgan fingerprint density at radius 3 is 2.10 bits per heavy atom. The second-order valence-electron chi connectivity index (χ2n) is 6.56. The largest absolute Gasteiger partial charge is 0.392 e. The average Bonchev–Trinajstić information content (AvgIpc) is 2.73. The van der Waals surface area contributed by atoms with Gasteiger partial charge >= 0.3 is 0 Å². The van der Waals surface area contributed by atoms with Crippen LogP contribution in [0.4, 0.5) is 0 Å². The summed E-state index contributed by atoms with van der Waals surface area (Å²) in [6, 6.07) is 20.8. The van der Waals surface area contributed by atoms with Gasteiger partial charge in [0.2, 0.25) is 10.0 Å². The Morgan fingerprint density at radius 2 is 1.48 bits per heavy atom. The van der Waals surface area contributed by atoms with Gasteiger partial charge in [0, 0.05) is 20.5 Å². The molecule has 7 heteroatoms. The fourth-order valence-electron chi connectivity index (χ4n) is 3.18. The van der Waals surface area contributed by atoms with Crippen molar-refractivity contribution >= 4 is 31.4 Å². The minimum atomic E-state index is -3.80. The van der Waals surface area contributed by atoms with Crippen LogP contribution < -0.4 is 10.6 Å². The van der Waals surface area contributed by atoms with E-state index in [2.05, 4.69) is 0 Å². The molecular formula is C22H17NO4S2. The first-order valence-corrected chi connectivity index (χ1v) is 11.1. The zero-order valence-electron chi connectivity index (χ0n) is 15.2. The molecule has 1 aromatic heterocycles. The van der Waals surface area contributed by atoms with E-state index >= 15 is 0 Å². The summed E-state index contributed by atoms with van der Waals surface area (Å²) in [5.74, 6) is 0. The summed E-state index contributed by atoms with van der Waals surface area (Å²) in [5, 5.41) is 15.1. The van der Waals surface area contributed by atoms with E-state index in [1.54, 1.807) is 30.3 Å². The van der Waals surface area contributed by atoms with Crippen LogP contribution in [0.1, 0.15) is 5.56 Å². The standard InChI is InChI=1S/C22H17NO4S2/c23-29(26,27)17-11-9-16(10-12-17)22-20(15-7-5-14(13-24)6-8-15)21(25)18-3-1-2-4-19(18)28-22/h1-12,24H,13H2,(H2,23,26,27). The van der Waals surface area contributed by atoms with Crippen LogP contribution in [-0.2, 0) is 16.6 Å². The van der Waals surface area contributed by atoms with Crippen molar-refractivity contribution in [3.05, 3.63) is 88.6 Å². The Bertz CT molecular complexity index is 1360. The number of hydrogen-bond acceptors (Lipinski definition) is 5. The van der Waals surface area contributed by atoms with Crippen LogP contribution in [0.3, 0.4) is 0 Å². The number of hydrogen-bond donors (Lipinski definition) is 2. The lowest BCUT2D eigenvalue weighted by Crippen LogP contribution is -2.11. The van der Waals surface area contributed by atoms with Crippen molar-refractivity contribution in [2.75, 3.05) is 0 Å². The fraction of sp³-hybridized carbons (Fsp3) is 0.0455. The highest BCUT2D eigenvalue weighted by Crippen LogP contribution is 2.37. The van der Waals surface area contributed by atoms with Gasteiger partial charge < -0.3 is 5.11 Å². The Balaban J connectivity index is 2.00. The minimum Gasteiger partial charge on any atom is -0.392 e. The zero-order chi connectivity index (χ0) is 20.6. The van der Waals surface area contributed by atoms with Crippen LogP contribution in [0, 0.1) is 0 Å². The number of aliphatic hydroxyl groups is 1. The van der Waals surface area contributed by atoms with Crippen LogP contribution >= 0.6 is 11.3 Å². The molecule has 0 amide bonds. The highest BCUT2D eigenvalue weighted by atomic mass is 32.2. The number of aliphatic hydroxyl groups excluding tert-OH is 1. The lowest BCUT2D eigenvalue weighted by atomic mass is 9.99. The highest BCUT2D eigenvalue weighted by molar-refractivity contribution is 7.89. The van der Waals surface area contributed by atoms with Crippen molar-refractivity contribution in [3.8, 4) is 21.6 Å². The molecule has 0 atom stereocenters. The third-order valence-electron chi connectivity index (χ3n) is 4.67. The second-order valence-corrected chi connectivity index (χ2v) is 9.17. The molecule has 0 spiro atoms. The molecule has 0 bridgehead atoms. The topological polar surface area (TPSA) is 97.5 Å². The van der Waals surface area contributed by atoms with E-state index in [4.69, 9.17) is 5.14 Å². The third kappa shape index (κ3) is 3.73. The minimum absolute atomic E-state index is 0.0169. The molecule has 4 rings (SSSR count). The maximum absolute atomic E-state index is 13.3. The molecule has 0 aliphatic heterocycles. The average molecular weight is 424 g/mol. The number of primary sulfonamides is 1. The quantitative estimate of drug-likeness (QED) is 0.523. The number of fused-ring (bicyclic) bond motifs is 1. The van der Waals surface area contributed by atoms with Gasteiger partial charge in [0.1, 0.15) is 0 Å². The summed E-state index contributed by atoms with van der Waals surface area (Å²) >= 11 is 1.47. The summed E-state index contributed by atoms with van der Waals surface area (Å²) in [4.78, 5) is 14.1. The molecule has 5 nitrogen and oxygen atoms in total. The van der Waals surface area contributed by atoms with Crippen LogP contribution in [0.2, 0.25) is 0 Å². The molecule has 29 heavy (non-hydrogen) atoms. The highest BCUT2D eigenvalue weighted by Gasteiger charge is 2.17. The van der Waals surface area contributed by atoms with E-state index < -0.39 is 10.0 Å². The molecule has 3 N–H and O–H groups in total. The van der Waals surface area contributed by atoms with E-state index in [0.717, 1.165) is 26.3 Å². The smallest absolute Gasteiger partial charge is 0.238 e. The van der Waals surface area contributed by atoms with Crippen molar-refractivity contribution in [1.82, 2.24) is 0 Å². The third-order valence-corrected chi connectivity index (χ3v) is 6.82. The second kappa shape index (κ2) is 7.53. The summed E-state index contributed by atoms with van der Waals surface area (Å²) in [6.07, 6.45) is 0. The molecule has 0 saturated heterocycles. The number of nitrogens with two attached hydrogens (primary N) is 1. The van der Waals surface area contributed by atoms with Gasteiger partial charge in [0.05, 0.1) is 11.5 Å². The normalized spacial score (nSPS) is 11.7. The van der Waals surface area contributed by atoms with E-state index in [1.807, 2.05) is 30.3 Å². The number of rotatable bonds is 4. The van der Waals surface area contributed by atoms with Gasteiger partial charge in [-0.1, -0.05) is 48.5 Å². The number of sulfonamides is 1. The molecule has 4 aromatic rings. The lowest BCUT2D eigenvalue weighted by molar-refractivity contribution is 0.282. The van der Waals surface area contributed by atoms with Crippen molar-refractivity contribution in [3.63, 3.8) is 0 Å². The predicted molar refractivity (Wildman–Crippen MR) is 116 cm³/mol. The van der Waals surface area contributed by atoms with Gasteiger partial charge in [0.15, 0.2) is 5.43 Å². The monoisotopic (exact) mass is 423 g/mol. The molecule has 0 aliphatic carbocycles. The predicted octanol–water partition coefficient (Wildman–Crippen LogP) is 3.74. The molecular weight excluding hydrogens is 406 g/mol. The van der Waals surface area contributed by atoms with Crippen molar-refractivity contribution in [2.24, 2.45) is 5.14 Å². The zero-order valence-corrected chi connectivity index (χ0v) is 16.8. The maximum atomic E-state index is 13.3. The van der Waals surface area contributed by atoms with Gasteiger partial charge in [-0.25, -0.2) is 13.6 Å². The molecule has 1 heterocycles. The summed E-state index contributed by atoms with van der Waals surface area (Å²) < 4.78 is 24.0. The van der Waals surface area contributed by atoms with Crippen LogP contribution in [0.15, 0.2) is 82.5 Å². The van der Waals surface area contributed by atoms with Crippen LogP contribution in [0.5, 0.6) is 0 Å². The molecule has 0 radical (unpaired) electrons. The van der Waals surface area contributed by atoms with Gasteiger partial charge in [0.25, 0.3) is 0 Å². The first-order valence-electron chi connectivity index (χ1n) is 8.78. The summed E-state index contributed by atoms with van der Waals surface area (Å²) in [6.45, 7) is -0.0766. The summed E-state index contributed by atoms with van der Waals surface area (Å²) in [5.41, 5.74) is 2.67. The van der Waals surface area contributed by atoms with Crippen molar-refractivity contribution in [1.29, 1.82) is 0 Å². The fourth-order valence-corrected chi connectivity index (χ4v) is 4.90. The molecule has 0 saturated carbocycles. The van der Waals surface area contributed by atoms with Crippen molar-refractivity contribution < 1.29 is 13.5 Å². The van der Waals surface area contributed by atoms with Crippen molar-refractivity contribution in [2.45, 2.75) is 11.5 Å². The Labute approximate surface area is 171 Å². The molecule has 0 aliphatic rings. The molecule has 146 valence electrons. The van der Waals surface area contributed by atoms with E-state index in [9.17, 15) is 18.3 Å². The molecule has 3 aromatic carbocycles. The lowest BCUT2D eigenvalue weighted by Gasteiger charge is -2.12. The molecule has 0 fully saturated rings. The van der Waals surface area contributed by atoms with Gasteiger partial charge in [-0.2, -0.15) is 0 Å². The molecule has 0 unspecified atom stereocenters. The first kappa shape index (κ1) is 19.5. The van der Waals surface area contributed by atoms with E-state index in [1.165, 1.54) is 23.5 Å². The van der Waals surface area contributed by atoms with E-state index in [-0.39, 0.29) is 16.9 Å². The Morgan fingerprint density at radius 1 is 0.862 bits per heavy atom. The first-order chi connectivity index (χ1) is 13.9. The Kier molecular flexibility index (Phi) is 5.06. The van der Waals surface area contributed by atoms with Gasteiger partial charge in [-0.15, -0.1) is 11.3 Å². The summed E-state index contributed by atoms with van der Waals surface area (Å²) in [7, 11) is -3.80. The maximum Gasteiger partial charge on any atom is 0.238 e. The Hall–Kier alpha value is -2.84. The van der Waals surface area contributed by atoms with Gasteiger partial charge in [-0.05, 0) is 41.0 Å². The van der Waals surface area contributed by atoms with E-state index in [0.29, 0.717) is 10.9 Å². The van der Waals surface area contributed by atoms with Crippen LogP contribution in [-0.4, -0.2) is 13.5 Å². The van der Waals surface area contributed by atoms with Gasteiger partial charge in [-0.3, -0.25) is 4.79 Å². The number of benzene rings is 3. The van der Waals surface area contributed by atoms with Crippen LogP contribution in [0.25, 0.3) is 31.7 Å².